The normalized spacial score (nSPS) is 16.2. The van der Waals surface area contributed by atoms with Gasteiger partial charge in [-0.1, -0.05) is 61.5 Å². The first kappa shape index (κ1) is 23.6. The molecule has 1 aliphatic heterocycles. The number of sulfonamides is 1. The smallest absolute Gasteiger partial charge is 0.263 e. The summed E-state index contributed by atoms with van der Waals surface area (Å²) in [6.07, 6.45) is -0.315. The fourth-order valence-corrected chi connectivity index (χ4v) is 5.57. The number of fused-ring (bicyclic) bond motifs is 1. The Kier molecular flexibility index (Phi) is 7.07. The van der Waals surface area contributed by atoms with Crippen LogP contribution in [-0.2, 0) is 20.6 Å². The summed E-state index contributed by atoms with van der Waals surface area (Å²) in [5, 5.41) is 3.02. The first-order valence-corrected chi connectivity index (χ1v) is 12.8. The van der Waals surface area contributed by atoms with Gasteiger partial charge in [-0.2, -0.15) is 0 Å². The van der Waals surface area contributed by atoms with Gasteiger partial charge in [0, 0.05) is 0 Å². The number of rotatable bonds is 8. The third-order valence-corrected chi connectivity index (χ3v) is 7.51. The van der Waals surface area contributed by atoms with E-state index in [9.17, 15) is 13.2 Å². The number of carbonyl (C=O) groups is 1. The molecule has 1 aliphatic rings. The Morgan fingerprint density at radius 2 is 1.74 bits per heavy atom. The van der Waals surface area contributed by atoms with Crippen LogP contribution < -0.4 is 19.1 Å². The van der Waals surface area contributed by atoms with E-state index < -0.39 is 16.1 Å². The highest BCUT2D eigenvalue weighted by Gasteiger charge is 2.37. The molecule has 178 valence electrons. The van der Waals surface area contributed by atoms with Gasteiger partial charge in [-0.15, -0.1) is 0 Å². The number of hydrogen-bond acceptors (Lipinski definition) is 5. The second-order valence-corrected chi connectivity index (χ2v) is 9.98. The highest BCUT2D eigenvalue weighted by Crippen LogP contribution is 2.36. The van der Waals surface area contributed by atoms with Gasteiger partial charge < -0.3 is 14.8 Å². The lowest BCUT2D eigenvalue weighted by Crippen LogP contribution is -2.51. The number of para-hydroxylation sites is 2. The molecule has 0 spiro atoms. The molecular formula is C26H28N2O5S. The molecular weight excluding hydrogens is 452 g/mol. The van der Waals surface area contributed by atoms with Gasteiger partial charge in [0.2, 0.25) is 10.0 Å². The lowest BCUT2D eigenvalue weighted by Gasteiger charge is -2.35. The van der Waals surface area contributed by atoms with Crippen LogP contribution in [0.3, 0.4) is 0 Å². The summed E-state index contributed by atoms with van der Waals surface area (Å²) >= 11 is 0. The number of nitrogens with zero attached hydrogens (tertiary/aromatic N) is 1. The Morgan fingerprint density at radius 3 is 2.41 bits per heavy atom. The van der Waals surface area contributed by atoms with Crippen molar-refractivity contribution >= 4 is 21.6 Å². The Hall–Kier alpha value is -3.52. The molecule has 0 aliphatic carbocycles. The lowest BCUT2D eigenvalue weighted by atomic mass is 10.0. The summed E-state index contributed by atoms with van der Waals surface area (Å²) in [4.78, 5) is 13.2. The van der Waals surface area contributed by atoms with E-state index in [1.165, 1.54) is 4.31 Å². The number of carbonyl (C=O) groups excluding carboxylic acids is 1. The highest BCUT2D eigenvalue weighted by atomic mass is 32.2. The van der Waals surface area contributed by atoms with Crippen LogP contribution in [0.4, 0.5) is 5.69 Å². The Labute approximate surface area is 200 Å². The van der Waals surface area contributed by atoms with Gasteiger partial charge in [-0.05, 0) is 41.8 Å². The van der Waals surface area contributed by atoms with Crippen molar-refractivity contribution in [2.24, 2.45) is 0 Å². The summed E-state index contributed by atoms with van der Waals surface area (Å²) in [5.74, 6) is 0.566. The molecule has 34 heavy (non-hydrogen) atoms. The fraction of sp³-hybridized carbons (Fsp3) is 0.269. The van der Waals surface area contributed by atoms with E-state index in [1.54, 1.807) is 55.6 Å². The molecule has 0 saturated heterocycles. The average molecular weight is 481 g/mol. The lowest BCUT2D eigenvalue weighted by molar-refractivity contribution is -0.128. The van der Waals surface area contributed by atoms with Crippen LogP contribution in [0, 0.1) is 0 Å². The van der Waals surface area contributed by atoms with Gasteiger partial charge in [0.05, 0.1) is 31.1 Å². The van der Waals surface area contributed by atoms with Crippen molar-refractivity contribution in [2.45, 2.75) is 31.2 Å². The molecule has 3 aromatic rings. The number of methoxy groups -OCH3 is 1. The number of amides is 1. The molecule has 8 heteroatoms. The molecule has 0 radical (unpaired) electrons. The van der Waals surface area contributed by atoms with Crippen molar-refractivity contribution in [3.8, 4) is 11.5 Å². The van der Waals surface area contributed by atoms with E-state index in [0.717, 1.165) is 11.3 Å². The largest absolute Gasteiger partial charge is 0.497 e. The van der Waals surface area contributed by atoms with Crippen LogP contribution in [0.25, 0.3) is 0 Å². The molecule has 2 atom stereocenters. The van der Waals surface area contributed by atoms with Crippen LogP contribution in [0.5, 0.6) is 11.5 Å². The maximum Gasteiger partial charge on any atom is 0.263 e. The molecule has 0 bridgehead atoms. The molecule has 1 heterocycles. The third kappa shape index (κ3) is 5.17. The zero-order chi connectivity index (χ0) is 24.1. The van der Waals surface area contributed by atoms with Gasteiger partial charge in [0.1, 0.15) is 11.5 Å². The van der Waals surface area contributed by atoms with E-state index in [2.05, 4.69) is 5.32 Å². The van der Waals surface area contributed by atoms with E-state index >= 15 is 0 Å². The quantitative estimate of drug-likeness (QED) is 0.526. The van der Waals surface area contributed by atoms with Gasteiger partial charge in [0.25, 0.3) is 5.91 Å². The minimum Gasteiger partial charge on any atom is -0.497 e. The predicted octanol–water partition coefficient (Wildman–Crippen LogP) is 4.06. The molecule has 0 saturated carbocycles. The van der Waals surface area contributed by atoms with E-state index in [1.807, 2.05) is 37.3 Å². The second-order valence-electron chi connectivity index (χ2n) is 8.09. The highest BCUT2D eigenvalue weighted by molar-refractivity contribution is 7.92. The fourth-order valence-electron chi connectivity index (χ4n) is 3.99. The first-order valence-electron chi connectivity index (χ1n) is 11.2. The summed E-state index contributed by atoms with van der Waals surface area (Å²) in [6, 6.07) is 23.1. The number of benzene rings is 3. The molecule has 1 amide bonds. The molecule has 7 nitrogen and oxygen atoms in total. The maximum atomic E-state index is 13.4. The Morgan fingerprint density at radius 1 is 1.06 bits per heavy atom. The van der Waals surface area contributed by atoms with Crippen LogP contribution in [0.1, 0.15) is 30.5 Å². The molecule has 0 aromatic heterocycles. The van der Waals surface area contributed by atoms with Gasteiger partial charge in [-0.25, -0.2) is 8.42 Å². The Bertz CT molecular complexity index is 1230. The van der Waals surface area contributed by atoms with Gasteiger partial charge in [0.15, 0.2) is 6.10 Å². The average Bonchev–Trinajstić information content (AvgIpc) is 2.86. The van der Waals surface area contributed by atoms with Gasteiger partial charge >= 0.3 is 0 Å². The number of nitrogens with one attached hydrogen (secondary N) is 1. The zero-order valence-electron chi connectivity index (χ0n) is 19.2. The molecule has 1 N–H and O–H groups in total. The van der Waals surface area contributed by atoms with Crippen molar-refractivity contribution in [1.82, 2.24) is 5.32 Å². The number of ether oxygens (including phenoxy) is 2. The van der Waals surface area contributed by atoms with Crippen LogP contribution in [0.15, 0.2) is 78.9 Å². The second kappa shape index (κ2) is 10.2. The summed E-state index contributed by atoms with van der Waals surface area (Å²) in [6.45, 7) is 1.87. The van der Waals surface area contributed by atoms with Crippen molar-refractivity contribution in [3.05, 3.63) is 90.0 Å². The number of anilines is 1. The van der Waals surface area contributed by atoms with Crippen molar-refractivity contribution < 1.29 is 22.7 Å². The van der Waals surface area contributed by atoms with Crippen molar-refractivity contribution in [1.29, 1.82) is 0 Å². The van der Waals surface area contributed by atoms with E-state index in [-0.39, 0.29) is 24.2 Å². The standard InChI is InChI=1S/C26H28N2O5S/c1-3-22(20-13-15-21(32-2)16-14-20)27-26(29)25-17-28(23-11-7-8-12-24(23)33-25)34(30,31)18-19-9-5-4-6-10-19/h4-16,22,25H,3,17-18H2,1-2H3,(H,27,29)/t22-,25-/m1/s1. The summed E-state index contributed by atoms with van der Waals surface area (Å²) in [5.41, 5.74) is 2.05. The van der Waals surface area contributed by atoms with Crippen molar-refractivity contribution in [3.63, 3.8) is 0 Å². The van der Waals surface area contributed by atoms with Gasteiger partial charge in [-0.3, -0.25) is 9.10 Å². The third-order valence-electron chi connectivity index (χ3n) is 5.80. The van der Waals surface area contributed by atoms with E-state index in [4.69, 9.17) is 9.47 Å². The Balaban J connectivity index is 1.56. The minimum atomic E-state index is -3.75. The van der Waals surface area contributed by atoms with Crippen LogP contribution >= 0.6 is 0 Å². The number of hydrogen-bond donors (Lipinski definition) is 1. The molecule has 0 fully saturated rings. The molecule has 0 unspecified atom stereocenters. The van der Waals surface area contributed by atoms with Crippen molar-refractivity contribution in [2.75, 3.05) is 18.0 Å². The zero-order valence-corrected chi connectivity index (χ0v) is 20.0. The minimum absolute atomic E-state index is 0.100. The predicted molar refractivity (Wildman–Crippen MR) is 131 cm³/mol. The van der Waals surface area contributed by atoms with Crippen LogP contribution in [0.2, 0.25) is 0 Å². The van der Waals surface area contributed by atoms with Crippen LogP contribution in [-0.4, -0.2) is 34.1 Å². The molecule has 3 aromatic carbocycles. The monoisotopic (exact) mass is 480 g/mol. The summed E-state index contributed by atoms with van der Waals surface area (Å²) in [7, 11) is -2.15. The summed E-state index contributed by atoms with van der Waals surface area (Å²) < 4.78 is 39.2. The first-order chi connectivity index (χ1) is 16.4. The van der Waals surface area contributed by atoms with E-state index in [0.29, 0.717) is 23.4 Å². The topological polar surface area (TPSA) is 84.9 Å². The SMILES string of the molecule is CC[C@@H](NC(=O)[C@H]1CN(S(=O)(=O)Cc2ccccc2)c2ccccc2O1)c1ccc(OC)cc1. The maximum absolute atomic E-state index is 13.4. The molecule has 4 rings (SSSR count).